The average Bonchev–Trinajstić information content (AvgIpc) is 2.82. The van der Waals surface area contributed by atoms with E-state index >= 15 is 0 Å². The number of fused-ring (bicyclic) bond motifs is 1. The third-order valence-corrected chi connectivity index (χ3v) is 4.91. The molecule has 4 heteroatoms. The number of thiazole rings is 1. The zero-order chi connectivity index (χ0) is 14.4. The number of hydrogen-bond donors (Lipinski definition) is 1. The summed E-state index contributed by atoms with van der Waals surface area (Å²) in [6.07, 6.45) is 4.79. The summed E-state index contributed by atoms with van der Waals surface area (Å²) in [7, 11) is 0. The van der Waals surface area contributed by atoms with Crippen molar-refractivity contribution >= 4 is 11.3 Å². The van der Waals surface area contributed by atoms with Gasteiger partial charge in [0.1, 0.15) is 0 Å². The van der Waals surface area contributed by atoms with Gasteiger partial charge in [-0.1, -0.05) is 13.8 Å². The maximum absolute atomic E-state index is 5.44. The van der Waals surface area contributed by atoms with E-state index < -0.39 is 0 Å². The highest BCUT2D eigenvalue weighted by Gasteiger charge is 2.24. The van der Waals surface area contributed by atoms with Crippen LogP contribution in [0.2, 0.25) is 0 Å². The Morgan fingerprint density at radius 2 is 2.30 bits per heavy atom. The number of aryl methyl sites for hydroxylation is 1. The van der Waals surface area contributed by atoms with Gasteiger partial charge in [0, 0.05) is 30.4 Å². The number of aromatic nitrogens is 1. The highest BCUT2D eigenvalue weighted by atomic mass is 32.1. The van der Waals surface area contributed by atoms with Gasteiger partial charge >= 0.3 is 0 Å². The van der Waals surface area contributed by atoms with Gasteiger partial charge in [-0.05, 0) is 38.6 Å². The summed E-state index contributed by atoms with van der Waals surface area (Å²) >= 11 is 1.91. The highest BCUT2D eigenvalue weighted by molar-refractivity contribution is 7.11. The molecular formula is C16H28N2OS. The molecule has 0 aromatic carbocycles. The Kier molecular flexibility index (Phi) is 6.46. The van der Waals surface area contributed by atoms with Crippen LogP contribution >= 0.6 is 11.3 Å². The molecule has 0 saturated carbocycles. The van der Waals surface area contributed by atoms with E-state index in [-0.39, 0.29) is 0 Å². The first-order valence-corrected chi connectivity index (χ1v) is 8.79. The van der Waals surface area contributed by atoms with E-state index in [2.05, 4.69) is 19.2 Å². The van der Waals surface area contributed by atoms with Crippen LogP contribution in [-0.4, -0.2) is 31.3 Å². The van der Waals surface area contributed by atoms with Gasteiger partial charge in [-0.15, -0.1) is 11.3 Å². The molecule has 0 amide bonds. The summed E-state index contributed by atoms with van der Waals surface area (Å²) in [5.74, 6) is 1.34. The molecule has 0 bridgehead atoms. The van der Waals surface area contributed by atoms with Gasteiger partial charge in [0.25, 0.3) is 0 Å². The second kappa shape index (κ2) is 8.11. The lowest BCUT2D eigenvalue weighted by Gasteiger charge is -2.22. The molecule has 0 saturated heterocycles. The first-order valence-electron chi connectivity index (χ1n) is 7.97. The molecule has 0 aliphatic heterocycles. The Morgan fingerprint density at radius 1 is 1.45 bits per heavy atom. The van der Waals surface area contributed by atoms with Crippen molar-refractivity contribution in [1.29, 1.82) is 0 Å². The van der Waals surface area contributed by atoms with Crippen LogP contribution in [0.15, 0.2) is 0 Å². The first-order chi connectivity index (χ1) is 9.70. The molecule has 0 radical (unpaired) electrons. The quantitative estimate of drug-likeness (QED) is 0.747. The van der Waals surface area contributed by atoms with Gasteiger partial charge in [0.05, 0.1) is 17.3 Å². The van der Waals surface area contributed by atoms with Crippen LogP contribution in [0.1, 0.15) is 55.1 Å². The fourth-order valence-corrected chi connectivity index (χ4v) is 3.89. The largest absolute Gasteiger partial charge is 0.381 e. The standard InChI is InChI=1S/C16H28N2OS/c1-4-19-9-8-15-18-16-13(11-17-10-12(2)3)6-5-7-14(16)20-15/h12-13,17H,4-11H2,1-3H3. The Morgan fingerprint density at radius 3 is 3.05 bits per heavy atom. The van der Waals surface area contributed by atoms with Crippen molar-refractivity contribution in [3.05, 3.63) is 15.6 Å². The number of hydrogen-bond acceptors (Lipinski definition) is 4. The van der Waals surface area contributed by atoms with E-state index in [4.69, 9.17) is 9.72 Å². The monoisotopic (exact) mass is 296 g/mol. The maximum Gasteiger partial charge on any atom is 0.0954 e. The Labute approximate surface area is 127 Å². The van der Waals surface area contributed by atoms with Crippen LogP contribution in [0, 0.1) is 5.92 Å². The molecule has 0 fully saturated rings. The second-order valence-corrected chi connectivity index (χ2v) is 7.17. The molecule has 3 nitrogen and oxygen atoms in total. The van der Waals surface area contributed by atoms with Crippen LogP contribution in [-0.2, 0) is 17.6 Å². The first kappa shape index (κ1) is 15.9. The molecule has 1 aromatic rings. The van der Waals surface area contributed by atoms with Crippen LogP contribution in [0.5, 0.6) is 0 Å². The normalized spacial score (nSPS) is 18.5. The molecule has 1 unspecified atom stereocenters. The predicted octanol–water partition coefficient (Wildman–Crippen LogP) is 3.39. The number of ether oxygens (including phenoxy) is 1. The number of nitrogens with zero attached hydrogens (tertiary/aromatic N) is 1. The lowest BCUT2D eigenvalue weighted by Crippen LogP contribution is -2.27. The van der Waals surface area contributed by atoms with Crippen LogP contribution in [0.4, 0.5) is 0 Å². The smallest absolute Gasteiger partial charge is 0.0954 e. The van der Waals surface area contributed by atoms with E-state index in [0.717, 1.165) is 38.6 Å². The predicted molar refractivity (Wildman–Crippen MR) is 85.7 cm³/mol. The molecule has 20 heavy (non-hydrogen) atoms. The number of nitrogens with one attached hydrogen (secondary N) is 1. The summed E-state index contributed by atoms with van der Waals surface area (Å²) in [6.45, 7) is 10.4. The third kappa shape index (κ3) is 4.54. The van der Waals surface area contributed by atoms with Crippen molar-refractivity contribution in [3.63, 3.8) is 0 Å². The molecule has 1 aliphatic carbocycles. The molecule has 1 aliphatic rings. The topological polar surface area (TPSA) is 34.1 Å². The van der Waals surface area contributed by atoms with Crippen molar-refractivity contribution in [2.75, 3.05) is 26.3 Å². The average molecular weight is 296 g/mol. The Balaban J connectivity index is 1.92. The van der Waals surface area contributed by atoms with Crippen LogP contribution < -0.4 is 5.32 Å². The lowest BCUT2D eigenvalue weighted by molar-refractivity contribution is 0.151. The molecule has 0 spiro atoms. The SMILES string of the molecule is CCOCCc1nc2c(s1)CCCC2CNCC(C)C. The maximum atomic E-state index is 5.44. The fraction of sp³-hybridized carbons (Fsp3) is 0.812. The van der Waals surface area contributed by atoms with E-state index in [9.17, 15) is 0 Å². The van der Waals surface area contributed by atoms with E-state index in [0.29, 0.717) is 5.92 Å². The Bertz CT molecular complexity index is 403. The summed E-state index contributed by atoms with van der Waals surface area (Å²) < 4.78 is 5.44. The molecule has 1 atom stereocenters. The zero-order valence-corrected chi connectivity index (χ0v) is 13.9. The summed E-state index contributed by atoms with van der Waals surface area (Å²) in [5.41, 5.74) is 1.38. The highest BCUT2D eigenvalue weighted by Crippen LogP contribution is 2.34. The van der Waals surface area contributed by atoms with Gasteiger partial charge in [-0.25, -0.2) is 4.98 Å². The summed E-state index contributed by atoms with van der Waals surface area (Å²) in [5, 5.41) is 4.86. The molecule has 1 N–H and O–H groups in total. The fourth-order valence-electron chi connectivity index (χ4n) is 2.71. The molecule has 1 aromatic heterocycles. The van der Waals surface area contributed by atoms with Gasteiger partial charge in [0.2, 0.25) is 0 Å². The minimum absolute atomic E-state index is 0.620. The Hall–Kier alpha value is -0.450. The van der Waals surface area contributed by atoms with E-state index in [1.54, 1.807) is 0 Å². The molecule has 114 valence electrons. The summed E-state index contributed by atoms with van der Waals surface area (Å²) in [6, 6.07) is 0. The zero-order valence-electron chi connectivity index (χ0n) is 13.1. The molecule has 2 rings (SSSR count). The van der Waals surface area contributed by atoms with E-state index in [1.807, 2.05) is 18.3 Å². The van der Waals surface area contributed by atoms with Crippen molar-refractivity contribution in [2.45, 2.75) is 52.4 Å². The van der Waals surface area contributed by atoms with Gasteiger partial charge in [0.15, 0.2) is 0 Å². The van der Waals surface area contributed by atoms with Gasteiger partial charge in [-0.3, -0.25) is 0 Å². The van der Waals surface area contributed by atoms with Crippen molar-refractivity contribution < 1.29 is 4.74 Å². The van der Waals surface area contributed by atoms with Crippen LogP contribution in [0.25, 0.3) is 0 Å². The van der Waals surface area contributed by atoms with Crippen molar-refractivity contribution in [3.8, 4) is 0 Å². The third-order valence-electron chi connectivity index (χ3n) is 3.72. The lowest BCUT2D eigenvalue weighted by atomic mass is 9.91. The van der Waals surface area contributed by atoms with Crippen molar-refractivity contribution in [1.82, 2.24) is 10.3 Å². The van der Waals surface area contributed by atoms with Crippen LogP contribution in [0.3, 0.4) is 0 Å². The molecule has 1 heterocycles. The second-order valence-electron chi connectivity index (χ2n) is 6.00. The minimum atomic E-state index is 0.620. The van der Waals surface area contributed by atoms with Crippen molar-refractivity contribution in [2.24, 2.45) is 5.92 Å². The van der Waals surface area contributed by atoms with Gasteiger partial charge in [-0.2, -0.15) is 0 Å². The van der Waals surface area contributed by atoms with Gasteiger partial charge < -0.3 is 10.1 Å². The molecular weight excluding hydrogens is 268 g/mol. The van der Waals surface area contributed by atoms with E-state index in [1.165, 1.54) is 34.8 Å². The minimum Gasteiger partial charge on any atom is -0.381 e. The number of rotatable bonds is 8. The summed E-state index contributed by atoms with van der Waals surface area (Å²) in [4.78, 5) is 6.43.